The average molecular weight is 291 g/mol. The maximum atomic E-state index is 12.5. The number of hydrogen-bond donors (Lipinski definition) is 1. The molecule has 1 aromatic carbocycles. The molecule has 2 unspecified atom stereocenters. The first-order chi connectivity index (χ1) is 9.85. The molecule has 1 aromatic rings. The van der Waals surface area contributed by atoms with Crippen molar-refractivity contribution in [1.29, 1.82) is 0 Å². The van der Waals surface area contributed by atoms with Crippen LogP contribution in [0.4, 0.5) is 0 Å². The van der Waals surface area contributed by atoms with Gasteiger partial charge in [0.05, 0.1) is 12.7 Å². The molecule has 2 atom stereocenters. The monoisotopic (exact) mass is 291 g/mol. The Hall–Kier alpha value is -1.55. The van der Waals surface area contributed by atoms with Gasteiger partial charge in [-0.1, -0.05) is 12.1 Å². The van der Waals surface area contributed by atoms with Gasteiger partial charge in [0.25, 0.3) is 0 Å². The molecule has 0 radical (unpaired) electrons. The summed E-state index contributed by atoms with van der Waals surface area (Å²) < 4.78 is 5.23. The van der Waals surface area contributed by atoms with E-state index in [2.05, 4.69) is 0 Å². The second kappa shape index (κ2) is 6.06. The Balaban J connectivity index is 2.02. The smallest absolute Gasteiger partial charge is 0.226 e. The van der Waals surface area contributed by atoms with E-state index in [1.807, 2.05) is 31.2 Å². The lowest BCUT2D eigenvalue weighted by molar-refractivity contribution is -0.135. The minimum atomic E-state index is -0.855. The van der Waals surface area contributed by atoms with Crippen molar-refractivity contribution in [3.8, 4) is 5.75 Å². The van der Waals surface area contributed by atoms with Crippen molar-refractivity contribution >= 4 is 5.91 Å². The van der Waals surface area contributed by atoms with E-state index in [0.717, 1.165) is 17.7 Å². The molecular formula is C17H25NO3. The fraction of sp³-hybridized carbons (Fsp3) is 0.588. The van der Waals surface area contributed by atoms with Crippen LogP contribution in [0.5, 0.6) is 5.75 Å². The van der Waals surface area contributed by atoms with Crippen molar-refractivity contribution in [3.05, 3.63) is 29.8 Å². The van der Waals surface area contributed by atoms with Gasteiger partial charge in [0.2, 0.25) is 5.91 Å². The molecule has 21 heavy (non-hydrogen) atoms. The zero-order valence-electron chi connectivity index (χ0n) is 13.3. The molecule has 4 heteroatoms. The molecule has 1 aliphatic rings. The highest BCUT2D eigenvalue weighted by Gasteiger charge is 2.46. The van der Waals surface area contributed by atoms with Gasteiger partial charge in [0.15, 0.2) is 0 Å². The summed E-state index contributed by atoms with van der Waals surface area (Å²) in [6, 6.07) is 7.93. The highest BCUT2D eigenvalue weighted by Crippen LogP contribution is 2.49. The van der Waals surface area contributed by atoms with Crippen molar-refractivity contribution in [2.75, 3.05) is 20.2 Å². The highest BCUT2D eigenvalue weighted by atomic mass is 16.5. The second-order valence-corrected chi connectivity index (χ2v) is 6.39. The van der Waals surface area contributed by atoms with E-state index < -0.39 is 5.60 Å². The average Bonchev–Trinajstić information content (AvgIpc) is 3.23. The Morgan fingerprint density at radius 1 is 1.48 bits per heavy atom. The van der Waals surface area contributed by atoms with E-state index in [-0.39, 0.29) is 17.7 Å². The van der Waals surface area contributed by atoms with Gasteiger partial charge in [-0.15, -0.1) is 0 Å². The molecule has 1 N–H and O–H groups in total. The molecule has 4 nitrogen and oxygen atoms in total. The predicted molar refractivity (Wildman–Crippen MR) is 82.4 cm³/mol. The van der Waals surface area contributed by atoms with E-state index in [4.69, 9.17) is 4.74 Å². The summed E-state index contributed by atoms with van der Waals surface area (Å²) in [5.41, 5.74) is 0.304. The van der Waals surface area contributed by atoms with Gasteiger partial charge in [0.1, 0.15) is 5.75 Å². The van der Waals surface area contributed by atoms with Crippen LogP contribution in [0.25, 0.3) is 0 Å². The Morgan fingerprint density at radius 3 is 2.76 bits per heavy atom. The van der Waals surface area contributed by atoms with Gasteiger partial charge in [-0.25, -0.2) is 0 Å². The third-order valence-electron chi connectivity index (χ3n) is 3.90. The summed E-state index contributed by atoms with van der Waals surface area (Å²) in [5.74, 6) is 1.30. The summed E-state index contributed by atoms with van der Waals surface area (Å²) in [5, 5.41) is 9.91. The fourth-order valence-electron chi connectivity index (χ4n) is 2.76. The van der Waals surface area contributed by atoms with E-state index in [1.165, 1.54) is 0 Å². The van der Waals surface area contributed by atoms with E-state index >= 15 is 0 Å². The molecule has 0 heterocycles. The molecule has 2 rings (SSSR count). The zero-order valence-corrected chi connectivity index (χ0v) is 13.3. The molecule has 116 valence electrons. The van der Waals surface area contributed by atoms with Crippen LogP contribution in [0.1, 0.15) is 38.7 Å². The SMILES string of the molecule is CCN(CC(C)(C)O)C(=O)C1CC1c1cccc(OC)c1. The molecule has 1 fully saturated rings. The van der Waals surface area contributed by atoms with Gasteiger partial charge < -0.3 is 14.7 Å². The van der Waals surface area contributed by atoms with Gasteiger partial charge in [-0.05, 0) is 50.8 Å². The molecule has 0 aromatic heterocycles. The summed E-state index contributed by atoms with van der Waals surface area (Å²) in [7, 11) is 1.65. The van der Waals surface area contributed by atoms with Crippen LogP contribution in [0.3, 0.4) is 0 Å². The van der Waals surface area contributed by atoms with Gasteiger partial charge in [-0.3, -0.25) is 4.79 Å². The molecule has 1 aliphatic carbocycles. The standard InChI is InChI=1S/C17H25NO3/c1-5-18(11-17(2,3)20)16(19)15-10-14(15)12-7-6-8-13(9-12)21-4/h6-9,14-15,20H,5,10-11H2,1-4H3. The highest BCUT2D eigenvalue weighted by molar-refractivity contribution is 5.83. The lowest BCUT2D eigenvalue weighted by Gasteiger charge is -2.28. The number of ether oxygens (including phenoxy) is 1. The van der Waals surface area contributed by atoms with Gasteiger partial charge in [-0.2, -0.15) is 0 Å². The molecule has 0 aliphatic heterocycles. The first kappa shape index (κ1) is 15.8. The fourth-order valence-corrected chi connectivity index (χ4v) is 2.76. The quantitative estimate of drug-likeness (QED) is 0.875. The third-order valence-corrected chi connectivity index (χ3v) is 3.90. The topological polar surface area (TPSA) is 49.8 Å². The zero-order chi connectivity index (χ0) is 15.6. The van der Waals surface area contributed by atoms with Crippen LogP contribution in [-0.4, -0.2) is 41.7 Å². The summed E-state index contributed by atoms with van der Waals surface area (Å²) in [6.45, 7) is 6.42. The number of amides is 1. The van der Waals surface area contributed by atoms with E-state index in [0.29, 0.717) is 13.1 Å². The number of nitrogens with zero attached hydrogens (tertiary/aromatic N) is 1. The Kier molecular flexibility index (Phi) is 4.57. The Morgan fingerprint density at radius 2 is 2.19 bits per heavy atom. The number of rotatable bonds is 6. The lowest BCUT2D eigenvalue weighted by Crippen LogP contribution is -2.42. The number of methoxy groups -OCH3 is 1. The predicted octanol–water partition coefficient (Wildman–Crippen LogP) is 2.42. The van der Waals surface area contributed by atoms with Crippen molar-refractivity contribution < 1.29 is 14.6 Å². The van der Waals surface area contributed by atoms with E-state index in [9.17, 15) is 9.90 Å². The first-order valence-corrected chi connectivity index (χ1v) is 7.51. The second-order valence-electron chi connectivity index (χ2n) is 6.39. The van der Waals surface area contributed by atoms with Gasteiger partial charge >= 0.3 is 0 Å². The van der Waals surface area contributed by atoms with Crippen LogP contribution in [0, 0.1) is 5.92 Å². The molecule has 1 saturated carbocycles. The molecule has 0 spiro atoms. The van der Waals surface area contributed by atoms with Crippen LogP contribution in [0.2, 0.25) is 0 Å². The number of carbonyl (C=O) groups is 1. The number of likely N-dealkylation sites (N-methyl/N-ethyl adjacent to an activating group) is 1. The first-order valence-electron chi connectivity index (χ1n) is 7.51. The third kappa shape index (κ3) is 3.97. The van der Waals surface area contributed by atoms with Gasteiger partial charge in [0, 0.05) is 19.0 Å². The largest absolute Gasteiger partial charge is 0.497 e. The van der Waals surface area contributed by atoms with E-state index in [1.54, 1.807) is 25.9 Å². The Bertz CT molecular complexity index is 507. The summed E-state index contributed by atoms with van der Waals surface area (Å²) >= 11 is 0. The van der Waals surface area contributed by atoms with Crippen molar-refractivity contribution in [2.45, 2.75) is 38.7 Å². The minimum Gasteiger partial charge on any atom is -0.497 e. The molecule has 1 amide bonds. The maximum Gasteiger partial charge on any atom is 0.226 e. The normalized spacial score (nSPS) is 21.0. The van der Waals surface area contributed by atoms with Crippen molar-refractivity contribution in [1.82, 2.24) is 4.90 Å². The van der Waals surface area contributed by atoms with Crippen molar-refractivity contribution in [3.63, 3.8) is 0 Å². The van der Waals surface area contributed by atoms with Crippen molar-refractivity contribution in [2.24, 2.45) is 5.92 Å². The number of aliphatic hydroxyl groups is 1. The van der Waals surface area contributed by atoms with Crippen LogP contribution >= 0.6 is 0 Å². The molecule has 0 bridgehead atoms. The maximum absolute atomic E-state index is 12.5. The minimum absolute atomic E-state index is 0.0411. The summed E-state index contributed by atoms with van der Waals surface area (Å²) in [6.07, 6.45) is 0.883. The van der Waals surface area contributed by atoms with Crippen LogP contribution < -0.4 is 4.74 Å². The number of benzene rings is 1. The molecular weight excluding hydrogens is 266 g/mol. The number of carbonyl (C=O) groups excluding carboxylic acids is 1. The van der Waals surface area contributed by atoms with Crippen LogP contribution in [0.15, 0.2) is 24.3 Å². The molecule has 0 saturated heterocycles. The number of hydrogen-bond acceptors (Lipinski definition) is 3. The van der Waals surface area contributed by atoms with Crippen LogP contribution in [-0.2, 0) is 4.79 Å². The Labute approximate surface area is 126 Å². The lowest BCUT2D eigenvalue weighted by atomic mass is 10.1. The summed E-state index contributed by atoms with van der Waals surface area (Å²) in [4.78, 5) is 14.3.